The number of carbonyl (C=O) groups excluding carboxylic acids is 8. The Morgan fingerprint density at radius 3 is 1.30 bits per heavy atom. The quantitative estimate of drug-likeness (QED) is 0.0224. The number of hydrogen-bond acceptors (Lipinski definition) is 20. The largest absolute Gasteiger partial charge is 0.394 e. The van der Waals surface area contributed by atoms with Crippen LogP contribution in [0.4, 0.5) is 45.2 Å². The number of amides is 8. The van der Waals surface area contributed by atoms with Crippen LogP contribution in [0.15, 0.2) is 158 Å². The number of aromatic nitrogens is 8. The third-order valence-electron chi connectivity index (χ3n) is 24.9. The van der Waals surface area contributed by atoms with E-state index in [2.05, 4.69) is 41.7 Å². The second-order valence-corrected chi connectivity index (χ2v) is 34.0. The predicted molar refractivity (Wildman–Crippen MR) is 502 cm³/mol. The van der Waals surface area contributed by atoms with Crippen molar-refractivity contribution in [2.75, 3.05) is 69.2 Å². The maximum Gasteiger partial charge on any atom is 0.254 e. The van der Waals surface area contributed by atoms with Gasteiger partial charge >= 0.3 is 0 Å². The Labute approximate surface area is 780 Å². The number of ether oxygens (including phenoxy) is 3. The molecule has 16 rings (SSSR count). The molecule has 8 aromatic carbocycles. The van der Waals surface area contributed by atoms with Gasteiger partial charge in [-0.2, -0.15) is 20.4 Å². The SMILES string of the molecule is Cc1ccc(F)cc1C(=O)NCc1ccc(-c2nn(C(C)C3CCOCC3)c(N)c2C(N)=O)cc1.Cc1ccc(F)cc1C(=O)NCc1ccc(-c2nn(C3CCCOC3)c(N)c2C(N)=O)cc1.Cc1ccc(F)cc1C(=O)NCc1ccc(-c2nn(C3CCOC3)c(N)c2C(N)=O)c(F)c1F.Cc1ccccc1C(=O)NC(CO)c1ccc(-c2nn(C3CCCC3)c(N)c2C(N)=O)cc1C. The van der Waals surface area contributed by atoms with Gasteiger partial charge in [-0.25, -0.2) is 40.7 Å². The Bertz CT molecular complexity index is 6470. The van der Waals surface area contributed by atoms with Crippen molar-refractivity contribution in [2.45, 2.75) is 149 Å². The van der Waals surface area contributed by atoms with Gasteiger partial charge in [0.2, 0.25) is 0 Å². The lowest BCUT2D eigenvalue weighted by Gasteiger charge is -2.28. The Morgan fingerprint density at radius 1 is 0.412 bits per heavy atom. The monoisotopic (exact) mass is 1860 g/mol. The highest BCUT2D eigenvalue weighted by atomic mass is 19.2. The molecule has 4 aliphatic rings. The highest BCUT2D eigenvalue weighted by Crippen LogP contribution is 2.41. The number of nitrogens with two attached hydrogens (primary N) is 8. The molecule has 3 saturated heterocycles. The predicted octanol–water partition coefficient (Wildman–Crippen LogP) is 12.8. The molecule has 0 bridgehead atoms. The molecule has 8 amide bonds. The number of nitrogen functional groups attached to an aromatic ring is 4. The summed E-state index contributed by atoms with van der Waals surface area (Å²) in [6.45, 7) is 14.2. The Morgan fingerprint density at radius 2 is 0.831 bits per heavy atom. The maximum absolute atomic E-state index is 15.1. The van der Waals surface area contributed by atoms with E-state index in [0.29, 0.717) is 125 Å². The Hall–Kier alpha value is -15.0. The van der Waals surface area contributed by atoms with Gasteiger partial charge in [-0.15, -0.1) is 0 Å². The van der Waals surface area contributed by atoms with E-state index in [-0.39, 0.29) is 130 Å². The van der Waals surface area contributed by atoms with Gasteiger partial charge < -0.3 is 86.5 Å². The lowest BCUT2D eigenvalue weighted by Crippen LogP contribution is -2.31. The molecule has 1 saturated carbocycles. The molecule has 4 fully saturated rings. The smallest absolute Gasteiger partial charge is 0.254 e. The molecule has 3 aliphatic heterocycles. The van der Waals surface area contributed by atoms with E-state index >= 15 is 4.39 Å². The number of hydrogen-bond donors (Lipinski definition) is 13. The number of benzene rings is 8. The minimum absolute atomic E-state index is 0.00786. The van der Waals surface area contributed by atoms with E-state index in [1.807, 2.05) is 93.6 Å². The molecule has 21 N–H and O–H groups in total. The van der Waals surface area contributed by atoms with Crippen LogP contribution in [0.3, 0.4) is 0 Å². The van der Waals surface area contributed by atoms with Crippen molar-refractivity contribution in [2.24, 2.45) is 28.9 Å². The summed E-state index contributed by atoms with van der Waals surface area (Å²) in [6, 6.07) is 41.0. The zero-order valence-corrected chi connectivity index (χ0v) is 75.9. The van der Waals surface area contributed by atoms with Crippen LogP contribution >= 0.6 is 0 Å². The van der Waals surface area contributed by atoms with Crippen LogP contribution < -0.4 is 67.1 Å². The van der Waals surface area contributed by atoms with Gasteiger partial charge in [0.05, 0.1) is 50.0 Å². The first-order valence-electron chi connectivity index (χ1n) is 44.4. The molecular weight excluding hydrogens is 1760 g/mol. The number of aryl methyl sites for hydroxylation is 5. The summed E-state index contributed by atoms with van der Waals surface area (Å²) in [5.74, 6) is -7.36. The van der Waals surface area contributed by atoms with E-state index in [4.69, 9.17) is 60.1 Å². The molecule has 136 heavy (non-hydrogen) atoms. The third-order valence-corrected chi connectivity index (χ3v) is 24.9. The van der Waals surface area contributed by atoms with Crippen LogP contribution in [-0.4, -0.2) is 138 Å². The van der Waals surface area contributed by atoms with Crippen molar-refractivity contribution in [3.05, 3.63) is 281 Å². The van der Waals surface area contributed by atoms with Gasteiger partial charge in [0, 0.05) is 96.1 Å². The summed E-state index contributed by atoms with van der Waals surface area (Å²) in [4.78, 5) is 98.7. The van der Waals surface area contributed by atoms with E-state index in [9.17, 15) is 61.0 Å². The van der Waals surface area contributed by atoms with Crippen LogP contribution in [0.5, 0.6) is 0 Å². The summed E-state index contributed by atoms with van der Waals surface area (Å²) < 4.78 is 93.1. The van der Waals surface area contributed by atoms with Crippen LogP contribution in [0.2, 0.25) is 0 Å². The summed E-state index contributed by atoms with van der Waals surface area (Å²) >= 11 is 0. The summed E-state index contributed by atoms with van der Waals surface area (Å²) in [5, 5.41) is 39.2. The summed E-state index contributed by atoms with van der Waals surface area (Å²) in [6.07, 6.45) is 8.29. The average molecular weight is 1870 g/mol. The van der Waals surface area contributed by atoms with Crippen molar-refractivity contribution in [3.8, 4) is 45.0 Å². The van der Waals surface area contributed by atoms with Crippen molar-refractivity contribution >= 4 is 70.5 Å². The first kappa shape index (κ1) is 98.6. The minimum atomic E-state index is -1.27. The third kappa shape index (κ3) is 22.4. The lowest BCUT2D eigenvalue weighted by atomic mass is 9.93. The highest BCUT2D eigenvalue weighted by Gasteiger charge is 2.35. The second-order valence-electron chi connectivity index (χ2n) is 34.0. The first-order chi connectivity index (χ1) is 65.1. The number of primary amides is 4. The van der Waals surface area contributed by atoms with Crippen molar-refractivity contribution in [1.82, 2.24) is 60.4 Å². The van der Waals surface area contributed by atoms with Crippen molar-refractivity contribution in [3.63, 3.8) is 0 Å². The highest BCUT2D eigenvalue weighted by molar-refractivity contribution is 6.06. The molecule has 1 aliphatic carbocycles. The first-order valence-corrected chi connectivity index (χ1v) is 44.4. The van der Waals surface area contributed by atoms with E-state index in [1.165, 1.54) is 53.2 Å². The van der Waals surface area contributed by atoms with Crippen LogP contribution in [-0.2, 0) is 33.8 Å². The summed E-state index contributed by atoms with van der Waals surface area (Å²) in [7, 11) is 0. The van der Waals surface area contributed by atoms with Gasteiger partial charge in [0.1, 0.15) is 85.8 Å². The van der Waals surface area contributed by atoms with E-state index in [1.54, 1.807) is 65.1 Å². The molecule has 0 radical (unpaired) electrons. The fraction of sp³-hybridized carbons (Fsp3) is 0.313. The van der Waals surface area contributed by atoms with Crippen molar-refractivity contribution in [1.29, 1.82) is 0 Å². The molecule has 32 nitrogen and oxygen atoms in total. The van der Waals surface area contributed by atoms with E-state index in [0.717, 1.165) is 85.3 Å². The van der Waals surface area contributed by atoms with Crippen LogP contribution in [0.1, 0.15) is 228 Å². The second kappa shape index (κ2) is 43.8. The topological polar surface area (TPSA) is 512 Å². The zero-order valence-electron chi connectivity index (χ0n) is 75.9. The van der Waals surface area contributed by atoms with E-state index < -0.39 is 64.7 Å². The molecule has 712 valence electrons. The Kier molecular flexibility index (Phi) is 31.8. The van der Waals surface area contributed by atoms with Gasteiger partial charge in [-0.3, -0.25) is 38.4 Å². The van der Waals surface area contributed by atoms with Gasteiger partial charge in [-0.05, 0) is 192 Å². The number of rotatable bonds is 26. The number of carbonyl (C=O) groups is 8. The zero-order chi connectivity index (χ0) is 97.6. The minimum Gasteiger partial charge on any atom is -0.394 e. The molecule has 7 heterocycles. The number of nitrogens with one attached hydrogen (secondary N) is 4. The van der Waals surface area contributed by atoms with Gasteiger partial charge in [0.25, 0.3) is 47.3 Å². The fourth-order valence-electron chi connectivity index (χ4n) is 17.2. The van der Waals surface area contributed by atoms with Gasteiger partial charge in [-0.1, -0.05) is 116 Å². The standard InChI is InChI=1S/C26H30FN5O3.C26H31N5O3.C24H26FN5O3.C23H22F3N5O3/c1-15-3-8-20(27)13-21(15)26(34)30-14-17-4-6-19(7-5-17)23-22(25(29)33)24(28)32(31-23)16(2)18-9-11-35-12-10-18;1-15-7-3-6-10-20(15)26(34)29-21(14-32)19-12-11-17(13-16(19)2)23-22(25(28)33)24(27)31(30-23)18-8-4-5-9-18;1-14-4-9-17(25)11-19(14)24(32)28-12-15-5-7-16(8-6-15)21-20(23(27)31)22(26)30(29-21)18-3-2-10-33-13-18;1-11-2-4-13(24)8-16(11)23(33)29-9-12-3-5-15(19(26)18(12)25)20-17(22(28)32)21(27)31(30-20)14-6-7-34-10-14/h3-8,13,16,18H,9-12,14,28H2,1-2H3,(H2,29,33)(H,30,34);3,6-7,10-13,18,21,32H,4-5,8-9,14,27H2,1-2H3,(H2,28,33)(H,29,34);4-9,11,18H,2-3,10,12-13,26H2,1H3,(H2,27,31)(H,28,32);2-5,8,14H,6-7,9-10,27H2,1H3,(H2,28,32)(H,29,33). The maximum atomic E-state index is 15.1. The molecule has 4 aromatic heterocycles. The average Bonchev–Trinajstić information content (AvgIpc) is 1.64. The molecule has 0 spiro atoms. The molecular formula is C99H109F5N20O12. The normalized spacial score (nSPS) is 15.3. The molecule has 4 atom stereocenters. The van der Waals surface area contributed by atoms with Crippen molar-refractivity contribution < 1.29 is 79.6 Å². The lowest BCUT2D eigenvalue weighted by molar-refractivity contribution is 0.0499. The summed E-state index contributed by atoms with van der Waals surface area (Å²) in [5.41, 5.74) is 57.8. The number of anilines is 4. The number of nitrogens with zero attached hydrogens (tertiary/aromatic N) is 8. The molecule has 4 unspecified atom stereocenters. The van der Waals surface area contributed by atoms with Crippen LogP contribution in [0.25, 0.3) is 45.0 Å². The molecule has 37 heteroatoms. The number of aliphatic hydroxyl groups is 1. The Balaban J connectivity index is 0.000000153. The number of aliphatic hydroxyl groups excluding tert-OH is 1. The fourth-order valence-corrected chi connectivity index (χ4v) is 17.2. The van der Waals surface area contributed by atoms with Crippen LogP contribution in [0, 0.1) is 69.6 Å². The molecule has 12 aromatic rings. The van der Waals surface area contributed by atoms with Gasteiger partial charge in [0.15, 0.2) is 11.6 Å². The number of halogens is 5.